The number of carbonyl (C=O) groups is 2. The highest BCUT2D eigenvalue weighted by atomic mass is 16.6. The van der Waals surface area contributed by atoms with Gasteiger partial charge in [-0.1, -0.05) is 0 Å². The molecule has 0 radical (unpaired) electrons. The number of nitrogens with zero attached hydrogens (tertiary/aromatic N) is 3. The number of esters is 1. The summed E-state index contributed by atoms with van der Waals surface area (Å²) in [4.78, 5) is 38.8. The lowest BCUT2D eigenvalue weighted by molar-refractivity contribution is -0.384. The Morgan fingerprint density at radius 3 is 2.04 bits per heavy atom. The number of nitro groups is 1. The SMILES string of the molecule is CC(C)N(C(=O)[C@@H](C)OC(=O)c1ccc(N(C)C)c([N+](=O)[O-])c1)C(C)C. The van der Waals surface area contributed by atoms with Gasteiger partial charge in [0.2, 0.25) is 0 Å². The molecule has 26 heavy (non-hydrogen) atoms. The molecule has 0 aliphatic heterocycles. The Morgan fingerprint density at radius 1 is 1.08 bits per heavy atom. The van der Waals surface area contributed by atoms with Gasteiger partial charge >= 0.3 is 5.97 Å². The monoisotopic (exact) mass is 365 g/mol. The van der Waals surface area contributed by atoms with Crippen molar-refractivity contribution in [2.24, 2.45) is 0 Å². The van der Waals surface area contributed by atoms with Gasteiger partial charge in [0, 0.05) is 32.2 Å². The fourth-order valence-electron chi connectivity index (χ4n) is 2.77. The van der Waals surface area contributed by atoms with Gasteiger partial charge in [0.15, 0.2) is 6.10 Å². The average Bonchev–Trinajstić information content (AvgIpc) is 2.53. The number of amides is 1. The van der Waals surface area contributed by atoms with Crippen molar-refractivity contribution in [3.63, 3.8) is 0 Å². The number of benzene rings is 1. The maximum Gasteiger partial charge on any atom is 0.339 e. The van der Waals surface area contributed by atoms with Gasteiger partial charge in [0.05, 0.1) is 10.5 Å². The summed E-state index contributed by atoms with van der Waals surface area (Å²) in [5, 5.41) is 11.2. The molecular formula is C18H27N3O5. The van der Waals surface area contributed by atoms with E-state index in [0.29, 0.717) is 5.69 Å². The number of hydrogen-bond donors (Lipinski definition) is 0. The summed E-state index contributed by atoms with van der Waals surface area (Å²) in [6.45, 7) is 9.04. The van der Waals surface area contributed by atoms with Crippen LogP contribution in [-0.2, 0) is 9.53 Å². The van der Waals surface area contributed by atoms with Crippen molar-refractivity contribution in [3.8, 4) is 0 Å². The van der Waals surface area contributed by atoms with E-state index in [2.05, 4.69) is 0 Å². The number of rotatable bonds is 7. The first-order valence-corrected chi connectivity index (χ1v) is 8.46. The summed E-state index contributed by atoms with van der Waals surface area (Å²) in [7, 11) is 3.35. The molecule has 0 aliphatic carbocycles. The van der Waals surface area contributed by atoms with Crippen molar-refractivity contribution in [1.29, 1.82) is 0 Å². The normalized spacial score (nSPS) is 12.0. The lowest BCUT2D eigenvalue weighted by atomic mass is 10.1. The number of nitro benzene ring substituents is 1. The average molecular weight is 365 g/mol. The van der Waals surface area contributed by atoms with E-state index in [4.69, 9.17) is 4.74 Å². The van der Waals surface area contributed by atoms with Gasteiger partial charge < -0.3 is 14.5 Å². The highest BCUT2D eigenvalue weighted by Crippen LogP contribution is 2.28. The largest absolute Gasteiger partial charge is 0.449 e. The quantitative estimate of drug-likeness (QED) is 0.419. The molecule has 0 bridgehead atoms. The maximum atomic E-state index is 12.5. The van der Waals surface area contributed by atoms with Crippen LogP contribution in [0.2, 0.25) is 0 Å². The maximum absolute atomic E-state index is 12.5. The molecule has 0 unspecified atom stereocenters. The lowest BCUT2D eigenvalue weighted by Gasteiger charge is -2.32. The molecule has 1 rings (SSSR count). The Balaban J connectivity index is 3.02. The van der Waals surface area contributed by atoms with Crippen molar-refractivity contribution < 1.29 is 19.2 Å². The first-order chi connectivity index (χ1) is 12.0. The second kappa shape index (κ2) is 8.64. The van der Waals surface area contributed by atoms with Gasteiger partial charge in [-0.3, -0.25) is 14.9 Å². The summed E-state index contributed by atoms with van der Waals surface area (Å²) < 4.78 is 5.25. The fraction of sp³-hybridized carbons (Fsp3) is 0.556. The van der Waals surface area contributed by atoms with Crippen LogP contribution in [0.3, 0.4) is 0 Å². The van der Waals surface area contributed by atoms with Gasteiger partial charge in [-0.2, -0.15) is 0 Å². The zero-order chi connectivity index (χ0) is 20.2. The molecule has 0 saturated carbocycles. The predicted octanol–water partition coefficient (Wildman–Crippen LogP) is 2.85. The Hall–Kier alpha value is -2.64. The minimum Gasteiger partial charge on any atom is -0.449 e. The number of hydrogen-bond acceptors (Lipinski definition) is 6. The van der Waals surface area contributed by atoms with Crippen molar-refractivity contribution >= 4 is 23.3 Å². The molecule has 1 amide bonds. The fourth-order valence-corrected chi connectivity index (χ4v) is 2.77. The highest BCUT2D eigenvalue weighted by Gasteiger charge is 2.28. The molecule has 8 nitrogen and oxygen atoms in total. The topological polar surface area (TPSA) is 93.0 Å². The number of ether oxygens (including phenoxy) is 1. The summed E-state index contributed by atoms with van der Waals surface area (Å²) >= 11 is 0. The van der Waals surface area contributed by atoms with Gasteiger partial charge in [-0.05, 0) is 46.8 Å². The molecule has 0 N–H and O–H groups in total. The Labute approximate surface area is 153 Å². The van der Waals surface area contributed by atoms with E-state index in [9.17, 15) is 19.7 Å². The van der Waals surface area contributed by atoms with E-state index < -0.39 is 17.0 Å². The molecular weight excluding hydrogens is 338 g/mol. The van der Waals surface area contributed by atoms with E-state index in [0.717, 1.165) is 6.07 Å². The van der Waals surface area contributed by atoms with Crippen LogP contribution in [0.25, 0.3) is 0 Å². The highest BCUT2D eigenvalue weighted by molar-refractivity contribution is 5.93. The molecule has 0 fully saturated rings. The summed E-state index contributed by atoms with van der Waals surface area (Å²) in [5.74, 6) is -1.07. The Kier molecular flexibility index (Phi) is 7.11. The zero-order valence-electron chi connectivity index (χ0n) is 16.3. The standard InChI is InChI=1S/C18H27N3O5/c1-11(2)20(12(3)4)17(22)13(5)26-18(23)14-8-9-15(19(6)7)16(10-14)21(24)25/h8-13H,1-7H3/t13-/m1/s1. The van der Waals surface area contributed by atoms with Crippen molar-refractivity contribution in [2.75, 3.05) is 19.0 Å². The van der Waals surface area contributed by atoms with E-state index in [1.165, 1.54) is 19.1 Å². The van der Waals surface area contributed by atoms with Crippen LogP contribution in [0.5, 0.6) is 0 Å². The molecule has 8 heteroatoms. The molecule has 1 aromatic rings. The molecule has 0 heterocycles. The van der Waals surface area contributed by atoms with Gasteiger partial charge in [-0.15, -0.1) is 0 Å². The smallest absolute Gasteiger partial charge is 0.339 e. The third-order valence-corrected chi connectivity index (χ3v) is 3.89. The van der Waals surface area contributed by atoms with Gasteiger partial charge in [-0.25, -0.2) is 4.79 Å². The second-order valence-electron chi connectivity index (χ2n) is 6.84. The summed E-state index contributed by atoms with van der Waals surface area (Å²) in [6, 6.07) is 4.02. The minimum absolute atomic E-state index is 0.0302. The third-order valence-electron chi connectivity index (χ3n) is 3.89. The van der Waals surface area contributed by atoms with Crippen molar-refractivity contribution in [3.05, 3.63) is 33.9 Å². The zero-order valence-corrected chi connectivity index (χ0v) is 16.3. The summed E-state index contributed by atoms with van der Waals surface area (Å²) in [5.41, 5.74) is 0.207. The molecule has 0 saturated heterocycles. The molecule has 0 aliphatic rings. The summed E-state index contributed by atoms with van der Waals surface area (Å²) in [6.07, 6.45) is -0.986. The second-order valence-corrected chi connectivity index (χ2v) is 6.84. The van der Waals surface area contributed by atoms with Crippen LogP contribution >= 0.6 is 0 Å². The third kappa shape index (κ3) is 4.93. The van der Waals surface area contributed by atoms with Crippen LogP contribution in [0.4, 0.5) is 11.4 Å². The van der Waals surface area contributed by atoms with E-state index in [1.807, 2.05) is 27.7 Å². The molecule has 1 atom stereocenters. The molecule has 1 aromatic carbocycles. The van der Waals surface area contributed by atoms with Gasteiger partial charge in [0.25, 0.3) is 11.6 Å². The van der Waals surface area contributed by atoms with E-state index >= 15 is 0 Å². The lowest BCUT2D eigenvalue weighted by Crippen LogP contribution is -2.47. The first kappa shape index (κ1) is 21.4. The van der Waals surface area contributed by atoms with Crippen molar-refractivity contribution in [2.45, 2.75) is 52.8 Å². The van der Waals surface area contributed by atoms with Gasteiger partial charge in [0.1, 0.15) is 5.69 Å². The van der Waals surface area contributed by atoms with E-state index in [1.54, 1.807) is 23.9 Å². The Bertz CT molecular complexity index is 677. The minimum atomic E-state index is -0.986. The number of carbonyl (C=O) groups excluding carboxylic acids is 2. The molecule has 0 spiro atoms. The Morgan fingerprint density at radius 2 is 1.62 bits per heavy atom. The van der Waals surface area contributed by atoms with E-state index in [-0.39, 0.29) is 29.2 Å². The van der Waals surface area contributed by atoms with Crippen LogP contribution in [0.1, 0.15) is 45.0 Å². The first-order valence-electron chi connectivity index (χ1n) is 8.46. The van der Waals surface area contributed by atoms with Crippen LogP contribution < -0.4 is 4.90 Å². The molecule has 0 aromatic heterocycles. The predicted molar refractivity (Wildman–Crippen MR) is 99.4 cm³/mol. The van der Waals surface area contributed by atoms with Crippen LogP contribution in [0.15, 0.2) is 18.2 Å². The van der Waals surface area contributed by atoms with Crippen LogP contribution in [0, 0.1) is 10.1 Å². The molecule has 144 valence electrons. The van der Waals surface area contributed by atoms with Crippen LogP contribution in [-0.4, -0.2) is 54.0 Å². The van der Waals surface area contributed by atoms with Crippen molar-refractivity contribution in [1.82, 2.24) is 4.90 Å². The number of anilines is 1.